The predicted octanol–water partition coefficient (Wildman–Crippen LogP) is 13.4. The maximum atomic E-state index is 12.7. The minimum Gasteiger partial charge on any atom is -0.494 e. The lowest BCUT2D eigenvalue weighted by Gasteiger charge is -2.08. The van der Waals surface area contributed by atoms with Crippen LogP contribution in [0.1, 0.15) is 169 Å². The lowest BCUT2D eigenvalue weighted by Crippen LogP contribution is -2.08. The molecule has 0 heterocycles. The number of ether oxygens (including phenoxy) is 3. The molecule has 0 aliphatic rings. The van der Waals surface area contributed by atoms with E-state index in [9.17, 15) is 9.59 Å². The predicted molar refractivity (Wildman–Crippen MR) is 212 cm³/mol. The minimum absolute atomic E-state index is 0.124. The highest BCUT2D eigenvalue weighted by molar-refractivity contribution is 6.06. The van der Waals surface area contributed by atoms with Crippen LogP contribution in [-0.4, -0.2) is 25.0 Å². The Morgan fingerprint density at radius 1 is 0.451 bits per heavy atom. The van der Waals surface area contributed by atoms with Gasteiger partial charge in [-0.05, 0) is 85.1 Å². The van der Waals surface area contributed by atoms with E-state index in [4.69, 9.17) is 14.2 Å². The van der Waals surface area contributed by atoms with Gasteiger partial charge in [-0.1, -0.05) is 148 Å². The molecule has 5 heteroatoms. The first-order chi connectivity index (χ1) is 25.1. The molecule has 0 spiro atoms. The molecule has 3 rings (SSSR count). The molecule has 0 fully saturated rings. The van der Waals surface area contributed by atoms with Crippen LogP contribution in [0.25, 0.3) is 6.08 Å². The van der Waals surface area contributed by atoms with Crippen LogP contribution < -0.4 is 14.2 Å². The quantitative estimate of drug-likeness (QED) is 0.0238. The third-order valence-corrected chi connectivity index (χ3v) is 9.28. The summed E-state index contributed by atoms with van der Waals surface area (Å²) in [6.45, 7) is 5.92. The van der Waals surface area contributed by atoms with Crippen LogP contribution in [-0.2, 0) is 0 Å². The Labute approximate surface area is 309 Å². The largest absolute Gasteiger partial charge is 0.494 e. The number of allylic oxidation sites excluding steroid dienone is 1. The molecule has 0 unspecified atom stereocenters. The van der Waals surface area contributed by atoms with Crippen molar-refractivity contribution >= 4 is 17.8 Å². The van der Waals surface area contributed by atoms with E-state index in [-0.39, 0.29) is 5.78 Å². The van der Waals surface area contributed by atoms with Crippen LogP contribution in [0.15, 0.2) is 78.9 Å². The van der Waals surface area contributed by atoms with Gasteiger partial charge in [0.05, 0.1) is 18.8 Å². The van der Waals surface area contributed by atoms with Crippen LogP contribution >= 0.6 is 0 Å². The Morgan fingerprint density at radius 2 is 0.824 bits per heavy atom. The summed E-state index contributed by atoms with van der Waals surface area (Å²) < 4.78 is 17.3. The molecule has 0 aliphatic heterocycles. The molecule has 0 saturated carbocycles. The summed E-state index contributed by atoms with van der Waals surface area (Å²) in [5.74, 6) is 1.41. The number of benzene rings is 3. The van der Waals surface area contributed by atoms with Crippen molar-refractivity contribution < 1.29 is 23.8 Å². The van der Waals surface area contributed by atoms with Gasteiger partial charge >= 0.3 is 5.97 Å². The van der Waals surface area contributed by atoms with E-state index in [1.807, 2.05) is 36.4 Å². The zero-order valence-corrected chi connectivity index (χ0v) is 31.7. The molecule has 3 aromatic rings. The lowest BCUT2D eigenvalue weighted by molar-refractivity contribution is 0.0734. The Bertz CT molecular complexity index is 1360. The van der Waals surface area contributed by atoms with Gasteiger partial charge in [-0.25, -0.2) is 4.79 Å². The number of hydrogen-bond acceptors (Lipinski definition) is 5. The number of esters is 1. The SMILES string of the molecule is CCCCCCCCCCCCCCCCOc1ccc(C(=O)Oc2ccc(C(=O)/C=C/c3ccc(OCCCCCCCC)cc3)cc2)cc1. The van der Waals surface area contributed by atoms with E-state index in [0.29, 0.717) is 23.5 Å². The maximum Gasteiger partial charge on any atom is 0.343 e. The van der Waals surface area contributed by atoms with Gasteiger partial charge in [0, 0.05) is 5.56 Å². The third kappa shape index (κ3) is 18.8. The Balaban J connectivity index is 1.26. The van der Waals surface area contributed by atoms with Gasteiger partial charge in [-0.2, -0.15) is 0 Å². The molecular weight excluding hydrogens is 633 g/mol. The first-order valence-electron chi connectivity index (χ1n) is 20.1. The molecule has 0 atom stereocenters. The van der Waals surface area contributed by atoms with Gasteiger partial charge in [0.25, 0.3) is 0 Å². The van der Waals surface area contributed by atoms with Gasteiger partial charge in [0.1, 0.15) is 17.2 Å². The highest BCUT2D eigenvalue weighted by Gasteiger charge is 2.10. The number of ketones is 1. The van der Waals surface area contributed by atoms with Gasteiger partial charge in [0.15, 0.2) is 5.78 Å². The summed E-state index contributed by atoms with van der Waals surface area (Å²) >= 11 is 0. The van der Waals surface area contributed by atoms with Crippen molar-refractivity contribution in [3.63, 3.8) is 0 Å². The van der Waals surface area contributed by atoms with Gasteiger partial charge < -0.3 is 14.2 Å². The number of carbonyl (C=O) groups excluding carboxylic acids is 2. The molecule has 0 bridgehead atoms. The molecular formula is C46H64O5. The normalized spacial score (nSPS) is 11.2. The fourth-order valence-corrected chi connectivity index (χ4v) is 6.04. The Kier molecular flexibility index (Phi) is 21.9. The zero-order valence-electron chi connectivity index (χ0n) is 31.7. The fraction of sp³-hybridized carbons (Fsp3) is 0.522. The summed E-state index contributed by atoms with van der Waals surface area (Å²) in [5.41, 5.74) is 1.89. The molecule has 0 aliphatic carbocycles. The van der Waals surface area contributed by atoms with Crippen molar-refractivity contribution in [1.82, 2.24) is 0 Å². The number of carbonyl (C=O) groups is 2. The van der Waals surface area contributed by atoms with Crippen LogP contribution in [0.4, 0.5) is 0 Å². The minimum atomic E-state index is -0.452. The molecule has 3 aromatic carbocycles. The number of unbranched alkanes of at least 4 members (excludes halogenated alkanes) is 18. The second kappa shape index (κ2) is 26.9. The number of hydrogen-bond donors (Lipinski definition) is 0. The summed E-state index contributed by atoms with van der Waals surface area (Å²) in [7, 11) is 0. The smallest absolute Gasteiger partial charge is 0.343 e. The van der Waals surface area contributed by atoms with Crippen LogP contribution in [0.2, 0.25) is 0 Å². The summed E-state index contributed by atoms with van der Waals surface area (Å²) in [6.07, 6.45) is 29.4. The zero-order chi connectivity index (χ0) is 36.2. The highest BCUT2D eigenvalue weighted by Crippen LogP contribution is 2.19. The van der Waals surface area contributed by atoms with Crippen LogP contribution in [0, 0.1) is 0 Å². The molecule has 51 heavy (non-hydrogen) atoms. The summed E-state index contributed by atoms with van der Waals surface area (Å²) in [5, 5.41) is 0. The average Bonchev–Trinajstić information content (AvgIpc) is 3.16. The molecule has 5 nitrogen and oxygen atoms in total. The van der Waals surface area contributed by atoms with Crippen molar-refractivity contribution in [2.45, 2.75) is 142 Å². The average molecular weight is 697 g/mol. The first kappa shape index (κ1) is 41.6. The van der Waals surface area contributed by atoms with Crippen LogP contribution in [0.3, 0.4) is 0 Å². The molecule has 0 radical (unpaired) electrons. The van der Waals surface area contributed by atoms with Crippen molar-refractivity contribution in [3.8, 4) is 17.2 Å². The highest BCUT2D eigenvalue weighted by atomic mass is 16.5. The molecule has 0 aromatic heterocycles. The fourth-order valence-electron chi connectivity index (χ4n) is 6.04. The molecule has 0 saturated heterocycles. The van der Waals surface area contributed by atoms with Gasteiger partial charge in [-0.3, -0.25) is 4.79 Å². The summed E-state index contributed by atoms with van der Waals surface area (Å²) in [4.78, 5) is 25.4. The maximum absolute atomic E-state index is 12.7. The Morgan fingerprint density at radius 3 is 1.27 bits per heavy atom. The standard InChI is InChI=1S/C46H64O5/c1-3-5-7-9-11-12-13-14-15-16-17-18-20-22-38-50-43-32-28-41(29-33-43)46(48)51-44-34-26-40(27-35-44)45(47)36-25-39-23-30-42(31-24-39)49-37-21-19-10-8-6-4-2/h23-36H,3-22,37-38H2,1-2H3/b36-25+. The van der Waals surface area contributed by atoms with E-state index in [0.717, 1.165) is 36.5 Å². The van der Waals surface area contributed by atoms with Crippen molar-refractivity contribution in [2.75, 3.05) is 13.2 Å². The second-order valence-electron chi connectivity index (χ2n) is 13.8. The topological polar surface area (TPSA) is 61.8 Å². The van der Waals surface area contributed by atoms with Gasteiger partial charge in [0.2, 0.25) is 0 Å². The second-order valence-corrected chi connectivity index (χ2v) is 13.8. The monoisotopic (exact) mass is 696 g/mol. The molecule has 278 valence electrons. The first-order valence-corrected chi connectivity index (χ1v) is 20.1. The number of rotatable bonds is 29. The Hall–Kier alpha value is -3.86. The van der Waals surface area contributed by atoms with E-state index in [2.05, 4.69) is 13.8 Å². The van der Waals surface area contributed by atoms with Crippen molar-refractivity contribution in [2.24, 2.45) is 0 Å². The third-order valence-electron chi connectivity index (χ3n) is 9.28. The lowest BCUT2D eigenvalue weighted by atomic mass is 10.0. The molecule has 0 amide bonds. The van der Waals surface area contributed by atoms with Crippen LogP contribution in [0.5, 0.6) is 17.2 Å². The molecule has 0 N–H and O–H groups in total. The van der Waals surface area contributed by atoms with Gasteiger partial charge in [-0.15, -0.1) is 0 Å². The van der Waals surface area contributed by atoms with E-state index < -0.39 is 5.97 Å². The van der Waals surface area contributed by atoms with E-state index in [1.165, 1.54) is 116 Å². The van der Waals surface area contributed by atoms with E-state index in [1.54, 1.807) is 48.6 Å². The van der Waals surface area contributed by atoms with E-state index >= 15 is 0 Å². The summed E-state index contributed by atoms with van der Waals surface area (Å²) in [6, 6.07) is 21.5. The van der Waals surface area contributed by atoms with Crippen molar-refractivity contribution in [3.05, 3.63) is 95.6 Å². The van der Waals surface area contributed by atoms with Crippen molar-refractivity contribution in [1.29, 1.82) is 0 Å².